The lowest BCUT2D eigenvalue weighted by atomic mass is 9.91. The Kier molecular flexibility index (Phi) is 8.89. The van der Waals surface area contributed by atoms with Crippen molar-refractivity contribution in [2.75, 3.05) is 4.90 Å². The van der Waals surface area contributed by atoms with E-state index in [1.807, 2.05) is 0 Å². The fraction of sp³-hybridized carbons (Fsp3) is 0. The molecule has 0 saturated heterocycles. The van der Waals surface area contributed by atoms with Crippen molar-refractivity contribution < 1.29 is 0 Å². The van der Waals surface area contributed by atoms with Crippen LogP contribution in [0.4, 0.5) is 17.1 Å². The molecule has 0 bridgehead atoms. The number of para-hydroxylation sites is 3. The van der Waals surface area contributed by atoms with E-state index in [9.17, 15) is 0 Å². The molecule has 2 heteroatoms. The summed E-state index contributed by atoms with van der Waals surface area (Å²) >= 11 is 0. The topological polar surface area (TPSA) is 8.17 Å². The third kappa shape index (κ3) is 6.18. The summed E-state index contributed by atoms with van der Waals surface area (Å²) in [6.45, 7) is 0. The molecule has 0 atom stereocenters. The average molecular weight is 839 g/mol. The first kappa shape index (κ1) is 37.8. The molecule has 0 radical (unpaired) electrons. The largest absolute Gasteiger partial charge is 0.309 e. The number of hydrogen-bond donors (Lipinski definition) is 0. The van der Waals surface area contributed by atoms with E-state index < -0.39 is 0 Å². The van der Waals surface area contributed by atoms with Crippen LogP contribution in [0.15, 0.2) is 255 Å². The Bertz CT molecular complexity index is 3870. The van der Waals surface area contributed by atoms with Crippen molar-refractivity contribution in [3.8, 4) is 50.2 Å². The predicted molar refractivity (Wildman–Crippen MR) is 281 cm³/mol. The quantitative estimate of drug-likeness (QED) is 0.138. The third-order valence-corrected chi connectivity index (χ3v) is 13.5. The number of aromatic nitrogens is 1. The van der Waals surface area contributed by atoms with E-state index in [1.165, 1.54) is 87.6 Å². The van der Waals surface area contributed by atoms with Crippen LogP contribution in [0.25, 0.3) is 104 Å². The molecule has 0 saturated carbocycles. The number of nitrogens with zero attached hydrogens (tertiary/aromatic N) is 2. The lowest BCUT2D eigenvalue weighted by Gasteiger charge is -2.30. The van der Waals surface area contributed by atoms with Gasteiger partial charge in [-0.1, -0.05) is 206 Å². The Morgan fingerprint density at radius 1 is 0.273 bits per heavy atom. The van der Waals surface area contributed by atoms with Gasteiger partial charge in [0.25, 0.3) is 0 Å². The molecule has 66 heavy (non-hydrogen) atoms. The molecule has 0 aliphatic rings. The second-order valence-corrected chi connectivity index (χ2v) is 17.3. The van der Waals surface area contributed by atoms with Crippen LogP contribution in [0, 0.1) is 0 Å². The fourth-order valence-corrected chi connectivity index (χ4v) is 10.5. The summed E-state index contributed by atoms with van der Waals surface area (Å²) in [5, 5.41) is 9.97. The summed E-state index contributed by atoms with van der Waals surface area (Å²) in [4.78, 5) is 2.49. The van der Waals surface area contributed by atoms with Crippen molar-refractivity contribution in [1.29, 1.82) is 0 Å². The van der Waals surface area contributed by atoms with Crippen LogP contribution in [0.1, 0.15) is 0 Å². The zero-order valence-corrected chi connectivity index (χ0v) is 36.1. The predicted octanol–water partition coefficient (Wildman–Crippen LogP) is 17.8. The first-order valence-corrected chi connectivity index (χ1v) is 22.8. The van der Waals surface area contributed by atoms with Crippen molar-refractivity contribution in [2.24, 2.45) is 0 Å². The molecule has 1 aromatic heterocycles. The van der Waals surface area contributed by atoms with Crippen LogP contribution in [0.2, 0.25) is 0 Å². The Morgan fingerprint density at radius 3 is 1.47 bits per heavy atom. The van der Waals surface area contributed by atoms with Gasteiger partial charge in [-0.15, -0.1) is 0 Å². The smallest absolute Gasteiger partial charge is 0.0541 e. The summed E-state index contributed by atoms with van der Waals surface area (Å²) in [5.74, 6) is 0. The van der Waals surface area contributed by atoms with Gasteiger partial charge in [0.05, 0.1) is 28.1 Å². The minimum absolute atomic E-state index is 1.09. The van der Waals surface area contributed by atoms with Gasteiger partial charge in [0.15, 0.2) is 0 Å². The fourth-order valence-electron chi connectivity index (χ4n) is 10.5. The highest BCUT2D eigenvalue weighted by Gasteiger charge is 2.23. The van der Waals surface area contributed by atoms with Gasteiger partial charge < -0.3 is 9.47 Å². The number of rotatable bonds is 8. The zero-order chi connectivity index (χ0) is 43.6. The lowest BCUT2D eigenvalue weighted by Crippen LogP contribution is -2.12. The summed E-state index contributed by atoms with van der Waals surface area (Å²) in [7, 11) is 0. The molecule has 0 unspecified atom stereocenters. The van der Waals surface area contributed by atoms with Crippen LogP contribution in [0.3, 0.4) is 0 Å². The lowest BCUT2D eigenvalue weighted by molar-refractivity contribution is 1.20. The summed E-state index contributed by atoms with van der Waals surface area (Å²) in [6, 6.07) is 93.3. The highest BCUT2D eigenvalue weighted by Crippen LogP contribution is 2.48. The molecule has 0 spiro atoms. The van der Waals surface area contributed by atoms with E-state index in [-0.39, 0.29) is 0 Å². The molecular formula is C64H42N2. The molecule has 308 valence electrons. The Balaban J connectivity index is 1.04. The van der Waals surface area contributed by atoms with Crippen LogP contribution in [-0.2, 0) is 0 Å². The molecule has 0 aliphatic heterocycles. The highest BCUT2D eigenvalue weighted by molar-refractivity contribution is 6.27. The first-order chi connectivity index (χ1) is 32.7. The first-order valence-electron chi connectivity index (χ1n) is 22.8. The molecule has 12 aromatic carbocycles. The standard InChI is InChI=1S/C64H42N2/c1-3-15-43(16-4-1)45-29-31-46(32-30-45)53-23-7-10-26-58(53)65(52-22-14-21-51(42-52)50-20-13-19-49(41-50)44-17-5-2-6-18-44)61-39-35-47-34-38-57-62(40-36-48-33-37-56(61)63(47)64(48)57)66-59-27-11-8-24-54(59)55-25-9-12-28-60(55)66/h1-42H. The number of hydrogen-bond acceptors (Lipinski definition) is 1. The van der Waals surface area contributed by atoms with Gasteiger partial charge in [-0.05, 0) is 109 Å². The zero-order valence-electron chi connectivity index (χ0n) is 36.1. The number of fused-ring (bicyclic) bond motifs is 3. The van der Waals surface area contributed by atoms with E-state index >= 15 is 0 Å². The molecule has 0 fully saturated rings. The normalized spacial score (nSPS) is 11.6. The molecule has 13 aromatic rings. The van der Waals surface area contributed by atoms with Gasteiger partial charge >= 0.3 is 0 Å². The molecule has 0 amide bonds. The Hall–Kier alpha value is -8.72. The minimum Gasteiger partial charge on any atom is -0.309 e. The molecule has 2 nitrogen and oxygen atoms in total. The van der Waals surface area contributed by atoms with E-state index in [1.54, 1.807) is 0 Å². The summed E-state index contributed by atoms with van der Waals surface area (Å²) < 4.78 is 2.46. The van der Waals surface area contributed by atoms with Crippen molar-refractivity contribution in [1.82, 2.24) is 4.57 Å². The maximum Gasteiger partial charge on any atom is 0.0541 e. The van der Waals surface area contributed by atoms with Crippen LogP contribution in [-0.4, -0.2) is 4.57 Å². The molecular weight excluding hydrogens is 797 g/mol. The monoisotopic (exact) mass is 838 g/mol. The second kappa shape index (κ2) is 15.5. The molecule has 0 N–H and O–H groups in total. The van der Waals surface area contributed by atoms with Crippen LogP contribution in [0.5, 0.6) is 0 Å². The molecule has 0 aliphatic carbocycles. The van der Waals surface area contributed by atoms with E-state index in [2.05, 4.69) is 264 Å². The van der Waals surface area contributed by atoms with Crippen LogP contribution >= 0.6 is 0 Å². The van der Waals surface area contributed by atoms with E-state index in [0.29, 0.717) is 0 Å². The highest BCUT2D eigenvalue weighted by atomic mass is 15.1. The van der Waals surface area contributed by atoms with Crippen molar-refractivity contribution >= 4 is 71.2 Å². The van der Waals surface area contributed by atoms with Crippen LogP contribution < -0.4 is 4.90 Å². The third-order valence-electron chi connectivity index (χ3n) is 13.5. The Labute approximate surface area is 383 Å². The molecule has 13 rings (SSSR count). The maximum atomic E-state index is 2.49. The number of benzene rings is 12. The summed E-state index contributed by atoms with van der Waals surface area (Å²) in [5.41, 5.74) is 16.4. The van der Waals surface area contributed by atoms with Crippen molar-refractivity contribution in [2.45, 2.75) is 0 Å². The van der Waals surface area contributed by atoms with Gasteiger partial charge in [-0.3, -0.25) is 0 Å². The van der Waals surface area contributed by atoms with Crippen molar-refractivity contribution in [3.63, 3.8) is 0 Å². The van der Waals surface area contributed by atoms with E-state index in [0.717, 1.165) is 33.8 Å². The van der Waals surface area contributed by atoms with Gasteiger partial charge in [0.2, 0.25) is 0 Å². The van der Waals surface area contributed by atoms with Gasteiger partial charge in [-0.25, -0.2) is 0 Å². The number of anilines is 3. The second-order valence-electron chi connectivity index (χ2n) is 17.3. The molecule has 1 heterocycles. The SMILES string of the molecule is c1ccc(-c2ccc(-c3ccccc3N(c3cccc(-c4cccc(-c5ccccc5)c4)c3)c3ccc4ccc5c(-n6c7ccccc7c7ccccc76)ccc6ccc3c4c65)cc2)cc1. The van der Waals surface area contributed by atoms with Gasteiger partial charge in [0, 0.05) is 32.8 Å². The maximum absolute atomic E-state index is 2.49. The van der Waals surface area contributed by atoms with Crippen molar-refractivity contribution in [3.05, 3.63) is 255 Å². The average Bonchev–Trinajstić information content (AvgIpc) is 3.73. The Morgan fingerprint density at radius 2 is 0.758 bits per heavy atom. The van der Waals surface area contributed by atoms with E-state index in [4.69, 9.17) is 0 Å². The van der Waals surface area contributed by atoms with Gasteiger partial charge in [-0.2, -0.15) is 0 Å². The minimum atomic E-state index is 1.09. The summed E-state index contributed by atoms with van der Waals surface area (Å²) in [6.07, 6.45) is 0. The van der Waals surface area contributed by atoms with Gasteiger partial charge in [0.1, 0.15) is 0 Å².